The van der Waals surface area contributed by atoms with Gasteiger partial charge in [-0.25, -0.2) is 0 Å². The van der Waals surface area contributed by atoms with Gasteiger partial charge in [0.2, 0.25) is 11.8 Å². The topological polar surface area (TPSA) is 68.0 Å². The fourth-order valence-corrected chi connectivity index (χ4v) is 2.69. The molecule has 1 heterocycles. The van der Waals surface area contributed by atoms with Crippen molar-refractivity contribution in [1.29, 1.82) is 0 Å². The van der Waals surface area contributed by atoms with Crippen molar-refractivity contribution in [1.82, 2.24) is 15.5 Å². The third kappa shape index (κ3) is 7.38. The first-order valence-corrected chi connectivity index (χ1v) is 9.67. The number of carbonyl (C=O) groups is 1. The first-order valence-electron chi connectivity index (χ1n) is 8.88. The summed E-state index contributed by atoms with van der Waals surface area (Å²) < 4.78 is 6.28. The van der Waals surface area contributed by atoms with Crippen LogP contribution in [0.25, 0.3) is 0 Å². The highest BCUT2D eigenvalue weighted by Crippen LogP contribution is 2.13. The number of nitrogens with one attached hydrogen (secondary N) is 1. The van der Waals surface area contributed by atoms with Crippen molar-refractivity contribution >= 4 is 21.8 Å². The smallest absolute Gasteiger partial charge is 0.226 e. The summed E-state index contributed by atoms with van der Waals surface area (Å²) in [4.78, 5) is 16.2. The first kappa shape index (κ1) is 19.6. The highest BCUT2D eigenvalue weighted by Gasteiger charge is 2.09. The Morgan fingerprint density at radius 2 is 1.92 bits per heavy atom. The SMILES string of the molecule is CC(C)c1noc(CCCNC(=O)CCCCc2ccc(Br)cc2)n1. The van der Waals surface area contributed by atoms with Gasteiger partial charge < -0.3 is 9.84 Å². The third-order valence-corrected chi connectivity index (χ3v) is 4.45. The maximum Gasteiger partial charge on any atom is 0.226 e. The van der Waals surface area contributed by atoms with Crippen LogP contribution in [0.4, 0.5) is 0 Å². The van der Waals surface area contributed by atoms with Crippen molar-refractivity contribution in [3.05, 3.63) is 46.0 Å². The lowest BCUT2D eigenvalue weighted by Gasteiger charge is -2.05. The number of hydrogen-bond acceptors (Lipinski definition) is 4. The third-order valence-electron chi connectivity index (χ3n) is 3.92. The van der Waals surface area contributed by atoms with E-state index in [2.05, 4.69) is 55.7 Å². The fraction of sp³-hybridized carbons (Fsp3) is 0.526. The van der Waals surface area contributed by atoms with Crippen LogP contribution in [-0.2, 0) is 17.6 Å². The average molecular weight is 408 g/mol. The quantitative estimate of drug-likeness (QED) is 0.591. The molecule has 25 heavy (non-hydrogen) atoms. The van der Waals surface area contributed by atoms with Gasteiger partial charge in [-0.3, -0.25) is 4.79 Å². The summed E-state index contributed by atoms with van der Waals surface area (Å²) in [6, 6.07) is 8.34. The molecule has 0 saturated heterocycles. The summed E-state index contributed by atoms with van der Waals surface area (Å²) in [7, 11) is 0. The summed E-state index contributed by atoms with van der Waals surface area (Å²) in [6.45, 7) is 4.71. The standard InChI is InChI=1S/C19H26BrN3O2/c1-14(2)19-22-18(25-23-19)8-5-13-21-17(24)7-4-3-6-15-9-11-16(20)12-10-15/h9-12,14H,3-8,13H2,1-2H3,(H,21,24). The number of benzene rings is 1. The van der Waals surface area contributed by atoms with E-state index < -0.39 is 0 Å². The van der Waals surface area contributed by atoms with Gasteiger partial charge >= 0.3 is 0 Å². The van der Waals surface area contributed by atoms with Crippen molar-refractivity contribution in [2.24, 2.45) is 0 Å². The van der Waals surface area contributed by atoms with Crippen LogP contribution in [0.15, 0.2) is 33.3 Å². The van der Waals surface area contributed by atoms with E-state index in [1.807, 2.05) is 13.8 Å². The number of nitrogens with zero attached hydrogens (tertiary/aromatic N) is 2. The normalized spacial score (nSPS) is 11.0. The van der Waals surface area contributed by atoms with Crippen LogP contribution in [0.1, 0.15) is 62.7 Å². The molecule has 2 aromatic rings. The Morgan fingerprint density at radius 1 is 1.16 bits per heavy atom. The summed E-state index contributed by atoms with van der Waals surface area (Å²) in [5, 5.41) is 6.89. The summed E-state index contributed by atoms with van der Waals surface area (Å²) in [6.07, 6.45) is 5.02. The van der Waals surface area contributed by atoms with E-state index in [9.17, 15) is 4.79 Å². The largest absolute Gasteiger partial charge is 0.356 e. The zero-order valence-electron chi connectivity index (χ0n) is 14.9. The van der Waals surface area contributed by atoms with Gasteiger partial charge in [-0.1, -0.05) is 47.1 Å². The van der Waals surface area contributed by atoms with E-state index in [4.69, 9.17) is 4.52 Å². The predicted molar refractivity (Wildman–Crippen MR) is 101 cm³/mol. The summed E-state index contributed by atoms with van der Waals surface area (Å²) in [5.41, 5.74) is 1.31. The number of aryl methyl sites for hydroxylation is 2. The Morgan fingerprint density at radius 3 is 2.60 bits per heavy atom. The van der Waals surface area contributed by atoms with Gasteiger partial charge in [-0.05, 0) is 43.4 Å². The molecule has 5 nitrogen and oxygen atoms in total. The van der Waals surface area contributed by atoms with Crippen LogP contribution in [0.5, 0.6) is 0 Å². The van der Waals surface area contributed by atoms with Gasteiger partial charge in [0.15, 0.2) is 5.82 Å². The molecule has 0 atom stereocenters. The number of amides is 1. The maximum atomic E-state index is 11.8. The van der Waals surface area contributed by atoms with E-state index in [0.717, 1.165) is 36.0 Å². The Hall–Kier alpha value is -1.69. The molecule has 0 unspecified atom stereocenters. The number of hydrogen-bond donors (Lipinski definition) is 1. The van der Waals surface area contributed by atoms with Crippen molar-refractivity contribution < 1.29 is 9.32 Å². The minimum Gasteiger partial charge on any atom is -0.356 e. The molecule has 1 N–H and O–H groups in total. The molecular formula is C19H26BrN3O2. The molecular weight excluding hydrogens is 382 g/mol. The highest BCUT2D eigenvalue weighted by atomic mass is 79.9. The molecule has 2 rings (SSSR count). The highest BCUT2D eigenvalue weighted by molar-refractivity contribution is 9.10. The van der Waals surface area contributed by atoms with Crippen LogP contribution in [0, 0.1) is 0 Å². The van der Waals surface area contributed by atoms with E-state index in [1.54, 1.807) is 0 Å². The first-order chi connectivity index (χ1) is 12.0. The number of carbonyl (C=O) groups excluding carboxylic acids is 1. The molecule has 0 bridgehead atoms. The lowest BCUT2D eigenvalue weighted by atomic mass is 10.1. The molecule has 0 radical (unpaired) electrons. The molecule has 1 aromatic heterocycles. The average Bonchev–Trinajstić information content (AvgIpc) is 3.06. The Kier molecular flexibility index (Phi) is 8.12. The molecule has 1 amide bonds. The van der Waals surface area contributed by atoms with E-state index >= 15 is 0 Å². The van der Waals surface area contributed by atoms with Crippen LogP contribution in [-0.4, -0.2) is 22.6 Å². The second-order valence-corrected chi connectivity index (χ2v) is 7.40. The molecule has 136 valence electrons. The fourth-order valence-electron chi connectivity index (χ4n) is 2.43. The molecule has 0 aliphatic rings. The minimum absolute atomic E-state index is 0.115. The van der Waals surface area contributed by atoms with Crippen molar-refractivity contribution in [3.8, 4) is 0 Å². The maximum absolute atomic E-state index is 11.8. The summed E-state index contributed by atoms with van der Waals surface area (Å²) in [5.74, 6) is 1.77. The monoisotopic (exact) mass is 407 g/mol. The van der Waals surface area contributed by atoms with E-state index in [1.165, 1.54) is 5.56 Å². The zero-order valence-corrected chi connectivity index (χ0v) is 16.5. The van der Waals surface area contributed by atoms with E-state index in [0.29, 0.717) is 25.3 Å². The lowest BCUT2D eigenvalue weighted by Crippen LogP contribution is -2.24. The van der Waals surface area contributed by atoms with Gasteiger partial charge in [0.1, 0.15) is 0 Å². The van der Waals surface area contributed by atoms with Gasteiger partial charge in [0.25, 0.3) is 0 Å². The molecule has 0 aliphatic carbocycles. The van der Waals surface area contributed by atoms with E-state index in [-0.39, 0.29) is 11.8 Å². The van der Waals surface area contributed by atoms with Crippen LogP contribution < -0.4 is 5.32 Å². The second kappa shape index (κ2) is 10.3. The molecule has 0 saturated carbocycles. The van der Waals surface area contributed by atoms with Crippen LogP contribution in [0.3, 0.4) is 0 Å². The number of halogens is 1. The van der Waals surface area contributed by atoms with Gasteiger partial charge in [0, 0.05) is 29.8 Å². The summed E-state index contributed by atoms with van der Waals surface area (Å²) >= 11 is 3.43. The zero-order chi connectivity index (χ0) is 18.1. The van der Waals surface area contributed by atoms with Crippen molar-refractivity contribution in [3.63, 3.8) is 0 Å². The minimum atomic E-state index is 0.115. The Bertz CT molecular complexity index is 653. The molecule has 0 aliphatic heterocycles. The Labute approximate surface area is 157 Å². The molecule has 0 spiro atoms. The number of rotatable bonds is 10. The molecule has 1 aromatic carbocycles. The predicted octanol–water partition coefficient (Wildman–Crippen LogP) is 4.42. The van der Waals surface area contributed by atoms with Crippen molar-refractivity contribution in [2.45, 2.75) is 58.3 Å². The van der Waals surface area contributed by atoms with Crippen LogP contribution >= 0.6 is 15.9 Å². The number of aromatic nitrogens is 2. The van der Waals surface area contributed by atoms with Crippen LogP contribution in [0.2, 0.25) is 0 Å². The molecule has 6 heteroatoms. The Balaban J connectivity index is 1.52. The molecule has 0 fully saturated rings. The van der Waals surface area contributed by atoms with Gasteiger partial charge in [-0.2, -0.15) is 4.98 Å². The van der Waals surface area contributed by atoms with Gasteiger partial charge in [-0.15, -0.1) is 0 Å². The lowest BCUT2D eigenvalue weighted by molar-refractivity contribution is -0.121. The second-order valence-electron chi connectivity index (χ2n) is 6.49. The van der Waals surface area contributed by atoms with Crippen molar-refractivity contribution in [2.75, 3.05) is 6.54 Å². The van der Waals surface area contributed by atoms with Gasteiger partial charge in [0.05, 0.1) is 0 Å². The number of unbranched alkanes of at least 4 members (excludes halogenated alkanes) is 1.